The molecule has 1 aliphatic rings. The van der Waals surface area contributed by atoms with Gasteiger partial charge in [0.15, 0.2) is 0 Å². The third kappa shape index (κ3) is 6.13. The number of hydrogen-bond donors (Lipinski definition) is 4. The number of amides is 1. The second-order valence-corrected chi connectivity index (χ2v) is 8.12. The van der Waals surface area contributed by atoms with Crippen LogP contribution in [0.1, 0.15) is 61.4 Å². The van der Waals surface area contributed by atoms with E-state index >= 15 is 0 Å². The highest BCUT2D eigenvalue weighted by molar-refractivity contribution is 5.94. The van der Waals surface area contributed by atoms with Crippen molar-refractivity contribution < 1.29 is 9.18 Å². The van der Waals surface area contributed by atoms with Gasteiger partial charge in [0.05, 0.1) is 5.69 Å². The number of carbonyl (C=O) groups excluding carboxylic acids is 1. The summed E-state index contributed by atoms with van der Waals surface area (Å²) in [7, 11) is 0. The Bertz CT molecular complexity index is 962. The summed E-state index contributed by atoms with van der Waals surface area (Å²) in [6.07, 6.45) is 7.99. The molecule has 32 heavy (non-hydrogen) atoms. The van der Waals surface area contributed by atoms with Crippen molar-refractivity contribution in [3.05, 3.63) is 89.0 Å². The minimum Gasteiger partial charge on any atom is -0.385 e. The lowest BCUT2D eigenvalue weighted by Gasteiger charge is -2.25. The van der Waals surface area contributed by atoms with Crippen LogP contribution in [0.3, 0.4) is 0 Å². The Morgan fingerprint density at radius 3 is 2.41 bits per heavy atom. The quantitative estimate of drug-likeness (QED) is 0.422. The van der Waals surface area contributed by atoms with Gasteiger partial charge in [0, 0.05) is 17.7 Å². The van der Waals surface area contributed by atoms with E-state index in [0.29, 0.717) is 29.5 Å². The Kier molecular flexibility index (Phi) is 8.31. The normalized spacial score (nSPS) is 15.6. The molecule has 0 aliphatic carbocycles. The molecule has 0 saturated carbocycles. The van der Waals surface area contributed by atoms with Gasteiger partial charge >= 0.3 is 0 Å². The highest BCUT2D eigenvalue weighted by atomic mass is 19.1. The van der Waals surface area contributed by atoms with Crippen LogP contribution >= 0.6 is 0 Å². The maximum absolute atomic E-state index is 13.8. The monoisotopic (exact) mass is 436 g/mol. The van der Waals surface area contributed by atoms with Crippen LogP contribution in [-0.2, 0) is 0 Å². The minimum absolute atomic E-state index is 0.139. The molecule has 5 nitrogen and oxygen atoms in total. The SMILES string of the molecule is CCCC(CCC)c1ccc(C(=O)NCC2=C(N)NC(Nc3ccccc3F)C=C2)cc1. The van der Waals surface area contributed by atoms with E-state index in [0.717, 1.165) is 18.4 Å². The predicted molar refractivity (Wildman–Crippen MR) is 129 cm³/mol. The Labute approximate surface area is 190 Å². The van der Waals surface area contributed by atoms with Gasteiger partial charge in [0.2, 0.25) is 0 Å². The first kappa shape index (κ1) is 23.4. The van der Waals surface area contributed by atoms with Gasteiger partial charge in [0.25, 0.3) is 5.91 Å². The fraction of sp³-hybridized carbons (Fsp3) is 0.346. The molecule has 2 aromatic carbocycles. The zero-order valence-corrected chi connectivity index (χ0v) is 18.8. The summed E-state index contributed by atoms with van der Waals surface area (Å²) < 4.78 is 13.8. The molecule has 0 radical (unpaired) electrons. The van der Waals surface area contributed by atoms with Crippen molar-refractivity contribution in [2.24, 2.45) is 5.73 Å². The van der Waals surface area contributed by atoms with Gasteiger partial charge < -0.3 is 21.7 Å². The van der Waals surface area contributed by atoms with Crippen LogP contribution < -0.4 is 21.7 Å². The van der Waals surface area contributed by atoms with E-state index in [1.54, 1.807) is 18.2 Å². The molecule has 2 aromatic rings. The summed E-state index contributed by atoms with van der Waals surface area (Å²) >= 11 is 0. The van der Waals surface area contributed by atoms with Crippen molar-refractivity contribution in [1.82, 2.24) is 10.6 Å². The number of dihydropyridines is 1. The standard InChI is InChI=1S/C26H33FN4O/c1-3-7-18(8-4-2)19-11-13-20(14-12-19)26(32)29-17-21-15-16-24(31-25(21)28)30-23-10-6-5-9-22(23)27/h5-6,9-16,18,24,30-31H,3-4,7-8,17,28H2,1-2H3,(H,29,32). The van der Waals surface area contributed by atoms with Crippen LogP contribution in [0.4, 0.5) is 10.1 Å². The van der Waals surface area contributed by atoms with Crippen LogP contribution in [0.5, 0.6) is 0 Å². The number of anilines is 1. The van der Waals surface area contributed by atoms with Crippen molar-refractivity contribution in [2.75, 3.05) is 11.9 Å². The fourth-order valence-electron chi connectivity index (χ4n) is 3.95. The molecule has 0 aromatic heterocycles. The number of benzene rings is 2. The molecule has 1 heterocycles. The van der Waals surface area contributed by atoms with Crippen molar-refractivity contribution in [3.8, 4) is 0 Å². The van der Waals surface area contributed by atoms with E-state index in [4.69, 9.17) is 5.73 Å². The molecule has 5 N–H and O–H groups in total. The van der Waals surface area contributed by atoms with Crippen molar-refractivity contribution in [1.29, 1.82) is 0 Å². The van der Waals surface area contributed by atoms with Gasteiger partial charge in [-0.2, -0.15) is 0 Å². The topological polar surface area (TPSA) is 79.2 Å². The first-order valence-corrected chi connectivity index (χ1v) is 11.3. The van der Waals surface area contributed by atoms with Crippen LogP contribution in [0, 0.1) is 5.82 Å². The molecule has 1 atom stereocenters. The van der Waals surface area contributed by atoms with E-state index in [9.17, 15) is 9.18 Å². The molecule has 0 spiro atoms. The van der Waals surface area contributed by atoms with E-state index in [2.05, 4.69) is 41.9 Å². The number of nitrogens with two attached hydrogens (primary N) is 1. The van der Waals surface area contributed by atoms with Crippen LogP contribution in [0.25, 0.3) is 0 Å². The fourth-order valence-corrected chi connectivity index (χ4v) is 3.95. The van der Waals surface area contributed by atoms with Crippen LogP contribution in [0.15, 0.2) is 72.1 Å². The third-order valence-corrected chi connectivity index (χ3v) is 5.69. The summed E-state index contributed by atoms with van der Waals surface area (Å²) in [6.45, 7) is 4.71. The highest BCUT2D eigenvalue weighted by Gasteiger charge is 2.16. The van der Waals surface area contributed by atoms with Gasteiger partial charge in [-0.3, -0.25) is 4.79 Å². The van der Waals surface area contributed by atoms with Crippen molar-refractivity contribution in [2.45, 2.75) is 51.6 Å². The van der Waals surface area contributed by atoms with E-state index in [1.807, 2.05) is 24.3 Å². The Morgan fingerprint density at radius 2 is 1.78 bits per heavy atom. The van der Waals surface area contributed by atoms with Crippen molar-refractivity contribution >= 4 is 11.6 Å². The third-order valence-electron chi connectivity index (χ3n) is 5.69. The highest BCUT2D eigenvalue weighted by Crippen LogP contribution is 2.26. The summed E-state index contributed by atoms with van der Waals surface area (Å²) in [5.41, 5.74) is 9.22. The van der Waals surface area contributed by atoms with Crippen LogP contribution in [-0.4, -0.2) is 18.6 Å². The Morgan fingerprint density at radius 1 is 1.09 bits per heavy atom. The number of hydrogen-bond acceptors (Lipinski definition) is 4. The summed E-state index contributed by atoms with van der Waals surface area (Å²) in [4.78, 5) is 12.6. The molecule has 3 rings (SSSR count). The smallest absolute Gasteiger partial charge is 0.251 e. The molecule has 6 heteroatoms. The van der Waals surface area contributed by atoms with Gasteiger partial charge in [-0.25, -0.2) is 4.39 Å². The molecule has 1 aliphatic heterocycles. The molecule has 170 valence electrons. The molecule has 0 bridgehead atoms. The summed E-state index contributed by atoms with van der Waals surface area (Å²) in [5.74, 6) is 0.528. The Balaban J connectivity index is 1.54. The minimum atomic E-state index is -0.335. The maximum Gasteiger partial charge on any atom is 0.251 e. The number of carbonyl (C=O) groups is 1. The zero-order valence-electron chi connectivity index (χ0n) is 18.8. The van der Waals surface area contributed by atoms with Gasteiger partial charge in [-0.15, -0.1) is 0 Å². The predicted octanol–water partition coefficient (Wildman–Crippen LogP) is 5.01. The lowest BCUT2D eigenvalue weighted by molar-refractivity contribution is 0.0957. The molecule has 1 unspecified atom stereocenters. The number of para-hydroxylation sites is 1. The van der Waals surface area contributed by atoms with Gasteiger partial charge in [0.1, 0.15) is 17.8 Å². The second kappa shape index (κ2) is 11.4. The lowest BCUT2D eigenvalue weighted by atomic mass is 9.90. The van der Waals surface area contributed by atoms with E-state index < -0.39 is 0 Å². The Hall–Kier alpha value is -3.28. The van der Waals surface area contributed by atoms with E-state index in [1.165, 1.54) is 24.5 Å². The molecular formula is C26H33FN4O. The van der Waals surface area contributed by atoms with Crippen molar-refractivity contribution in [3.63, 3.8) is 0 Å². The average molecular weight is 437 g/mol. The summed E-state index contributed by atoms with van der Waals surface area (Å²) in [6, 6.07) is 14.4. The number of nitrogens with one attached hydrogen (secondary N) is 3. The molecule has 0 fully saturated rings. The first-order chi connectivity index (χ1) is 15.5. The second-order valence-electron chi connectivity index (χ2n) is 8.12. The molecule has 0 saturated heterocycles. The first-order valence-electron chi connectivity index (χ1n) is 11.3. The lowest BCUT2D eigenvalue weighted by Crippen LogP contribution is -2.41. The summed E-state index contributed by atoms with van der Waals surface area (Å²) in [5, 5.41) is 9.06. The zero-order chi connectivity index (χ0) is 22.9. The average Bonchev–Trinajstić information content (AvgIpc) is 2.80. The van der Waals surface area contributed by atoms with Gasteiger partial charge in [-0.05, 0) is 54.7 Å². The molecular weight excluding hydrogens is 403 g/mol. The van der Waals surface area contributed by atoms with E-state index in [-0.39, 0.29) is 17.9 Å². The number of rotatable bonds is 10. The maximum atomic E-state index is 13.8. The van der Waals surface area contributed by atoms with Gasteiger partial charge in [-0.1, -0.05) is 57.0 Å². The van der Waals surface area contributed by atoms with Crippen LogP contribution in [0.2, 0.25) is 0 Å². The molecule has 1 amide bonds. The largest absolute Gasteiger partial charge is 0.385 e. The number of halogens is 1.